The quantitative estimate of drug-likeness (QED) is 0.780. The molecule has 1 N–H and O–H groups in total. The molecule has 98 valence electrons. The van der Waals surface area contributed by atoms with Crippen LogP contribution in [0, 0.1) is 24.1 Å². The monoisotopic (exact) mass is 286 g/mol. The van der Waals surface area contributed by atoms with E-state index >= 15 is 0 Å². The van der Waals surface area contributed by atoms with Crippen LogP contribution in [-0.4, -0.2) is 25.4 Å². The summed E-state index contributed by atoms with van der Waals surface area (Å²) in [6.07, 6.45) is 1.14. The molecule has 0 aliphatic rings. The lowest BCUT2D eigenvalue weighted by atomic mass is 10.2. The van der Waals surface area contributed by atoms with Gasteiger partial charge in [-0.05, 0) is 19.1 Å². The molecule has 0 saturated carbocycles. The van der Waals surface area contributed by atoms with Gasteiger partial charge in [0.2, 0.25) is 0 Å². The number of pyridine rings is 1. The molecule has 3 aromatic rings. The van der Waals surface area contributed by atoms with Gasteiger partial charge in [-0.25, -0.2) is 14.5 Å². The Morgan fingerprint density at radius 3 is 2.90 bits per heavy atom. The van der Waals surface area contributed by atoms with E-state index in [0.717, 1.165) is 11.1 Å². The lowest BCUT2D eigenvalue weighted by Crippen LogP contribution is -1.87. The third-order valence-electron chi connectivity index (χ3n) is 2.63. The van der Waals surface area contributed by atoms with Gasteiger partial charge in [-0.1, -0.05) is 5.21 Å². The SMILES string of the molecule is Cc1sc(-c2ccc(F)cn2)nc1-c1nn[nH]c1C#N. The summed E-state index contributed by atoms with van der Waals surface area (Å²) in [5, 5.41) is 19.6. The fourth-order valence-corrected chi connectivity index (χ4v) is 2.59. The molecule has 3 heterocycles. The molecule has 0 bridgehead atoms. The molecule has 0 radical (unpaired) electrons. The molecule has 8 heteroatoms. The molecule has 20 heavy (non-hydrogen) atoms. The number of aromatic nitrogens is 5. The van der Waals surface area contributed by atoms with Crippen LogP contribution in [0.1, 0.15) is 10.6 Å². The minimum Gasteiger partial charge on any atom is -0.251 e. The van der Waals surface area contributed by atoms with E-state index < -0.39 is 5.82 Å². The van der Waals surface area contributed by atoms with E-state index in [4.69, 9.17) is 5.26 Å². The maximum Gasteiger partial charge on any atom is 0.165 e. The van der Waals surface area contributed by atoms with E-state index in [0.29, 0.717) is 22.1 Å². The van der Waals surface area contributed by atoms with Gasteiger partial charge in [-0.2, -0.15) is 5.26 Å². The molecule has 6 nitrogen and oxygen atoms in total. The molecule has 0 saturated heterocycles. The third kappa shape index (κ3) is 2.04. The highest BCUT2D eigenvalue weighted by Crippen LogP contribution is 2.32. The first-order valence-corrected chi connectivity index (χ1v) is 6.41. The molecule has 0 aliphatic heterocycles. The normalized spacial score (nSPS) is 10.4. The summed E-state index contributed by atoms with van der Waals surface area (Å²) in [6.45, 7) is 1.87. The standard InChI is InChI=1S/C12H7FN6S/c1-6-10(11-9(4-14)17-19-18-11)16-12(20-6)8-3-2-7(13)5-15-8/h2-3,5H,1H3,(H,17,18,19). The zero-order valence-corrected chi connectivity index (χ0v) is 11.1. The maximum absolute atomic E-state index is 12.9. The second kappa shape index (κ2) is 4.79. The van der Waals surface area contributed by atoms with Crippen molar-refractivity contribution in [2.24, 2.45) is 0 Å². The summed E-state index contributed by atoms with van der Waals surface area (Å²) in [5.74, 6) is -0.398. The summed E-state index contributed by atoms with van der Waals surface area (Å²) < 4.78 is 12.9. The Labute approximate surface area is 116 Å². The summed E-state index contributed by atoms with van der Waals surface area (Å²) in [6, 6.07) is 4.87. The van der Waals surface area contributed by atoms with Crippen LogP contribution in [0.15, 0.2) is 18.3 Å². The first kappa shape index (κ1) is 12.4. The topological polar surface area (TPSA) is 91.1 Å². The molecule has 0 unspecified atom stereocenters. The molecular weight excluding hydrogens is 279 g/mol. The van der Waals surface area contributed by atoms with Crippen LogP contribution < -0.4 is 0 Å². The van der Waals surface area contributed by atoms with E-state index in [1.54, 1.807) is 6.07 Å². The first-order chi connectivity index (χ1) is 9.69. The Morgan fingerprint density at radius 1 is 1.35 bits per heavy atom. The number of thiazole rings is 1. The van der Waals surface area contributed by atoms with Crippen molar-refractivity contribution in [3.63, 3.8) is 0 Å². The number of H-pyrrole nitrogens is 1. The van der Waals surface area contributed by atoms with Gasteiger partial charge in [0.15, 0.2) is 5.69 Å². The molecule has 3 aromatic heterocycles. The summed E-state index contributed by atoms with van der Waals surface area (Å²) in [5.41, 5.74) is 1.83. The minimum absolute atomic E-state index is 0.261. The molecule has 3 rings (SSSR count). The van der Waals surface area contributed by atoms with Crippen LogP contribution in [0.25, 0.3) is 22.1 Å². The second-order valence-corrected chi connectivity index (χ2v) is 5.14. The van der Waals surface area contributed by atoms with Crippen LogP contribution >= 0.6 is 11.3 Å². The number of aromatic amines is 1. The van der Waals surface area contributed by atoms with E-state index in [1.807, 2.05) is 13.0 Å². The largest absolute Gasteiger partial charge is 0.251 e. The van der Waals surface area contributed by atoms with E-state index in [-0.39, 0.29) is 5.69 Å². The van der Waals surface area contributed by atoms with Crippen molar-refractivity contribution in [2.45, 2.75) is 6.92 Å². The number of nitrogens with zero attached hydrogens (tertiary/aromatic N) is 5. The number of rotatable bonds is 2. The fourth-order valence-electron chi connectivity index (χ4n) is 1.70. The van der Waals surface area contributed by atoms with Gasteiger partial charge in [-0.3, -0.25) is 4.98 Å². The lowest BCUT2D eigenvalue weighted by Gasteiger charge is -1.94. The van der Waals surface area contributed by atoms with Crippen molar-refractivity contribution < 1.29 is 4.39 Å². The average Bonchev–Trinajstić information content (AvgIpc) is 3.05. The first-order valence-electron chi connectivity index (χ1n) is 5.60. The van der Waals surface area contributed by atoms with Crippen molar-refractivity contribution in [3.8, 4) is 28.2 Å². The molecular formula is C12H7FN6S. The fraction of sp³-hybridized carbons (Fsp3) is 0.0833. The smallest absolute Gasteiger partial charge is 0.165 e. The van der Waals surface area contributed by atoms with Crippen molar-refractivity contribution >= 4 is 11.3 Å². The van der Waals surface area contributed by atoms with Gasteiger partial charge >= 0.3 is 0 Å². The predicted octanol–water partition coefficient (Wildman–Crippen LogP) is 2.31. The maximum atomic E-state index is 12.9. The van der Waals surface area contributed by atoms with Gasteiger partial charge in [0.1, 0.15) is 28.3 Å². The van der Waals surface area contributed by atoms with E-state index in [1.165, 1.54) is 17.4 Å². The zero-order chi connectivity index (χ0) is 14.1. The number of aryl methyl sites for hydroxylation is 1. The minimum atomic E-state index is -0.398. The van der Waals surface area contributed by atoms with Crippen molar-refractivity contribution in [3.05, 3.63) is 34.7 Å². The van der Waals surface area contributed by atoms with Gasteiger partial charge in [0, 0.05) is 4.88 Å². The third-order valence-corrected chi connectivity index (χ3v) is 3.62. The van der Waals surface area contributed by atoms with Crippen LogP contribution in [0.2, 0.25) is 0 Å². The highest BCUT2D eigenvalue weighted by atomic mass is 32.1. The van der Waals surface area contributed by atoms with Gasteiger partial charge in [0.25, 0.3) is 0 Å². The number of hydrogen-bond donors (Lipinski definition) is 1. The molecule has 0 aromatic carbocycles. The Hall–Kier alpha value is -2.66. The molecule has 0 amide bonds. The van der Waals surface area contributed by atoms with Crippen molar-refractivity contribution in [2.75, 3.05) is 0 Å². The zero-order valence-electron chi connectivity index (χ0n) is 10.3. The predicted molar refractivity (Wildman–Crippen MR) is 70.1 cm³/mol. The van der Waals surface area contributed by atoms with Crippen molar-refractivity contribution in [1.82, 2.24) is 25.4 Å². The highest BCUT2D eigenvalue weighted by Gasteiger charge is 2.18. The van der Waals surface area contributed by atoms with Crippen LogP contribution in [0.3, 0.4) is 0 Å². The molecule has 0 atom stereocenters. The molecule has 0 spiro atoms. The van der Waals surface area contributed by atoms with Crippen LogP contribution in [0.5, 0.6) is 0 Å². The van der Waals surface area contributed by atoms with E-state index in [9.17, 15) is 4.39 Å². The Kier molecular flexibility index (Phi) is 2.96. The van der Waals surface area contributed by atoms with Crippen LogP contribution in [-0.2, 0) is 0 Å². The number of hydrogen-bond acceptors (Lipinski definition) is 6. The number of halogens is 1. The van der Waals surface area contributed by atoms with E-state index in [2.05, 4.69) is 25.4 Å². The molecule has 0 aliphatic carbocycles. The summed E-state index contributed by atoms with van der Waals surface area (Å²) >= 11 is 1.40. The Bertz CT molecular complexity index is 798. The highest BCUT2D eigenvalue weighted by molar-refractivity contribution is 7.15. The van der Waals surface area contributed by atoms with Gasteiger partial charge in [-0.15, -0.1) is 16.4 Å². The number of nitriles is 1. The molecule has 0 fully saturated rings. The summed E-state index contributed by atoms with van der Waals surface area (Å²) in [4.78, 5) is 9.30. The van der Waals surface area contributed by atoms with Gasteiger partial charge in [0.05, 0.1) is 11.9 Å². The number of nitrogens with one attached hydrogen (secondary N) is 1. The second-order valence-electron chi connectivity index (χ2n) is 3.93. The lowest BCUT2D eigenvalue weighted by molar-refractivity contribution is 0.622. The van der Waals surface area contributed by atoms with Crippen LogP contribution in [0.4, 0.5) is 4.39 Å². The average molecular weight is 286 g/mol. The van der Waals surface area contributed by atoms with Crippen molar-refractivity contribution in [1.29, 1.82) is 5.26 Å². The Balaban J connectivity index is 2.08. The summed E-state index contributed by atoms with van der Waals surface area (Å²) in [7, 11) is 0. The van der Waals surface area contributed by atoms with Gasteiger partial charge < -0.3 is 0 Å². The Morgan fingerprint density at radius 2 is 2.20 bits per heavy atom.